The fourth-order valence-corrected chi connectivity index (χ4v) is 3.63. The molecule has 24 heavy (non-hydrogen) atoms. The number of nitrogens with one attached hydrogen (secondary N) is 1. The zero-order chi connectivity index (χ0) is 17.1. The third kappa shape index (κ3) is 3.25. The number of aromatic nitrogens is 2. The summed E-state index contributed by atoms with van der Waals surface area (Å²) in [5, 5.41) is 22.4. The van der Waals surface area contributed by atoms with Crippen LogP contribution in [0.2, 0.25) is 0 Å². The molecule has 128 valence electrons. The molecule has 0 spiro atoms. The summed E-state index contributed by atoms with van der Waals surface area (Å²) in [6.45, 7) is 3.07. The molecule has 1 aromatic rings. The molecule has 0 aromatic carbocycles. The molecule has 2 N–H and O–H groups in total. The van der Waals surface area contributed by atoms with E-state index in [0.717, 1.165) is 41.7 Å². The molecule has 1 atom stereocenters. The first-order chi connectivity index (χ1) is 11.6. The maximum Gasteiger partial charge on any atom is 0.407 e. The number of fused-ring (bicyclic) bond motifs is 1. The minimum atomic E-state index is -0.964. The highest BCUT2D eigenvalue weighted by molar-refractivity contribution is 7.98. The molecule has 0 saturated carbocycles. The van der Waals surface area contributed by atoms with Gasteiger partial charge in [-0.2, -0.15) is 5.26 Å². The molecular formula is C15H20N6O2S. The number of rotatable bonds is 3. The van der Waals surface area contributed by atoms with E-state index in [2.05, 4.69) is 21.3 Å². The van der Waals surface area contributed by atoms with Gasteiger partial charge in [-0.15, -0.1) is 0 Å². The lowest BCUT2D eigenvalue weighted by Crippen LogP contribution is -2.55. The van der Waals surface area contributed by atoms with Gasteiger partial charge in [0, 0.05) is 31.7 Å². The van der Waals surface area contributed by atoms with Crippen LogP contribution in [0.4, 0.5) is 10.6 Å². The van der Waals surface area contributed by atoms with E-state index in [1.165, 1.54) is 16.7 Å². The van der Waals surface area contributed by atoms with Crippen LogP contribution in [0.5, 0.6) is 0 Å². The number of thioether (sulfide) groups is 1. The van der Waals surface area contributed by atoms with Crippen molar-refractivity contribution in [1.29, 1.82) is 5.26 Å². The molecule has 0 radical (unpaired) electrons. The van der Waals surface area contributed by atoms with Crippen molar-refractivity contribution in [3.05, 3.63) is 11.3 Å². The van der Waals surface area contributed by atoms with Crippen molar-refractivity contribution in [2.24, 2.45) is 0 Å². The molecule has 2 aliphatic heterocycles. The van der Waals surface area contributed by atoms with Gasteiger partial charge in [-0.05, 0) is 19.2 Å². The smallest absolute Gasteiger partial charge is 0.407 e. The van der Waals surface area contributed by atoms with Crippen molar-refractivity contribution < 1.29 is 9.90 Å². The van der Waals surface area contributed by atoms with E-state index in [9.17, 15) is 9.90 Å². The Morgan fingerprint density at radius 1 is 1.50 bits per heavy atom. The molecule has 0 bridgehead atoms. The van der Waals surface area contributed by atoms with E-state index in [-0.39, 0.29) is 12.5 Å². The number of amides is 1. The molecule has 1 fully saturated rings. The number of nitrogens with zero attached hydrogens (tertiary/aromatic N) is 5. The lowest BCUT2D eigenvalue weighted by molar-refractivity contribution is 0.119. The molecule has 1 amide bonds. The molecule has 1 aromatic heterocycles. The summed E-state index contributed by atoms with van der Waals surface area (Å²) in [5.74, 6) is 0.902. The highest BCUT2D eigenvalue weighted by Gasteiger charge is 2.32. The van der Waals surface area contributed by atoms with Crippen LogP contribution in [0.15, 0.2) is 5.16 Å². The topological polar surface area (TPSA) is 105 Å². The molecular weight excluding hydrogens is 328 g/mol. The number of piperazine rings is 1. The standard InChI is InChI=1S/C15H20N6O2S/c1-24-14-18-12-8-17-5-3-11(12)13(19-14)20-6-7-21(15(22)23)10(9-20)2-4-16/h10,17H,2-3,5-9H2,1H3,(H,22,23). The molecule has 2 aliphatic rings. The van der Waals surface area contributed by atoms with E-state index < -0.39 is 6.09 Å². The number of anilines is 1. The lowest BCUT2D eigenvalue weighted by atomic mass is 10.0. The maximum absolute atomic E-state index is 11.4. The predicted octanol–water partition coefficient (Wildman–Crippen LogP) is 0.926. The molecule has 9 heteroatoms. The van der Waals surface area contributed by atoms with E-state index in [0.29, 0.717) is 19.6 Å². The van der Waals surface area contributed by atoms with Gasteiger partial charge in [-0.25, -0.2) is 14.8 Å². The van der Waals surface area contributed by atoms with Crippen molar-refractivity contribution in [2.45, 2.75) is 30.6 Å². The van der Waals surface area contributed by atoms with Gasteiger partial charge >= 0.3 is 6.09 Å². The Labute approximate surface area is 144 Å². The SMILES string of the molecule is CSc1nc2c(c(N3CCN(C(=O)O)C(CC#N)C3)n1)CCNC2. The summed E-state index contributed by atoms with van der Waals surface area (Å²) in [6, 6.07) is 1.77. The van der Waals surface area contributed by atoms with Gasteiger partial charge in [-0.3, -0.25) is 0 Å². The summed E-state index contributed by atoms with van der Waals surface area (Å²) in [4.78, 5) is 24.1. The Morgan fingerprint density at radius 2 is 2.33 bits per heavy atom. The van der Waals surface area contributed by atoms with E-state index in [1.54, 1.807) is 0 Å². The van der Waals surface area contributed by atoms with Crippen molar-refractivity contribution in [3.63, 3.8) is 0 Å². The number of carbonyl (C=O) groups is 1. The van der Waals surface area contributed by atoms with Gasteiger partial charge in [0.05, 0.1) is 24.2 Å². The number of nitriles is 1. The first kappa shape index (κ1) is 16.8. The predicted molar refractivity (Wildman–Crippen MR) is 90.2 cm³/mol. The van der Waals surface area contributed by atoms with E-state index >= 15 is 0 Å². The second-order valence-electron chi connectivity index (χ2n) is 5.82. The van der Waals surface area contributed by atoms with Crippen LogP contribution in [0.1, 0.15) is 17.7 Å². The molecule has 3 heterocycles. The molecule has 8 nitrogen and oxygen atoms in total. The van der Waals surface area contributed by atoms with Crippen molar-refractivity contribution in [2.75, 3.05) is 37.3 Å². The number of carboxylic acid groups (broad SMARTS) is 1. The van der Waals surface area contributed by atoms with Gasteiger partial charge in [-0.1, -0.05) is 11.8 Å². The molecule has 0 aliphatic carbocycles. The molecule has 1 unspecified atom stereocenters. The Bertz CT molecular complexity index is 677. The Hall–Kier alpha value is -2.05. The first-order valence-electron chi connectivity index (χ1n) is 7.90. The largest absolute Gasteiger partial charge is 0.465 e. The first-order valence-corrected chi connectivity index (χ1v) is 9.12. The highest BCUT2D eigenvalue weighted by atomic mass is 32.2. The summed E-state index contributed by atoms with van der Waals surface area (Å²) >= 11 is 1.50. The van der Waals surface area contributed by atoms with E-state index in [1.807, 2.05) is 6.26 Å². The number of hydrogen-bond acceptors (Lipinski definition) is 7. The van der Waals surface area contributed by atoms with Crippen LogP contribution < -0.4 is 10.2 Å². The summed E-state index contributed by atoms with van der Waals surface area (Å²) in [5.41, 5.74) is 2.17. The Morgan fingerprint density at radius 3 is 3.04 bits per heavy atom. The van der Waals surface area contributed by atoms with Crippen LogP contribution in [0.25, 0.3) is 0 Å². The van der Waals surface area contributed by atoms with Crippen LogP contribution >= 0.6 is 11.8 Å². The van der Waals surface area contributed by atoms with Crippen molar-refractivity contribution >= 4 is 23.7 Å². The van der Waals surface area contributed by atoms with Crippen LogP contribution in [-0.2, 0) is 13.0 Å². The van der Waals surface area contributed by atoms with Gasteiger partial charge in [0.25, 0.3) is 0 Å². The van der Waals surface area contributed by atoms with Crippen molar-refractivity contribution in [3.8, 4) is 6.07 Å². The van der Waals surface area contributed by atoms with Crippen LogP contribution in [-0.4, -0.2) is 64.5 Å². The van der Waals surface area contributed by atoms with E-state index in [4.69, 9.17) is 10.2 Å². The van der Waals surface area contributed by atoms with Crippen molar-refractivity contribution in [1.82, 2.24) is 20.2 Å². The Kier molecular flexibility index (Phi) is 5.06. The minimum absolute atomic E-state index is 0.188. The fourth-order valence-electron chi connectivity index (χ4n) is 3.25. The summed E-state index contributed by atoms with van der Waals surface area (Å²) < 4.78 is 0. The molecule has 3 rings (SSSR count). The second-order valence-corrected chi connectivity index (χ2v) is 6.60. The average molecular weight is 348 g/mol. The van der Waals surface area contributed by atoms with Gasteiger partial charge < -0.3 is 20.2 Å². The quantitative estimate of drug-likeness (QED) is 0.614. The zero-order valence-electron chi connectivity index (χ0n) is 13.5. The second kappa shape index (κ2) is 7.23. The van der Waals surface area contributed by atoms with Crippen LogP contribution in [0, 0.1) is 11.3 Å². The number of hydrogen-bond donors (Lipinski definition) is 2. The van der Waals surface area contributed by atoms with Gasteiger partial charge in [0.15, 0.2) is 5.16 Å². The third-order valence-electron chi connectivity index (χ3n) is 4.43. The normalized spacial score (nSPS) is 20.4. The summed E-state index contributed by atoms with van der Waals surface area (Å²) in [6.07, 6.45) is 2.03. The fraction of sp³-hybridized carbons (Fsp3) is 0.600. The lowest BCUT2D eigenvalue weighted by Gasteiger charge is -2.40. The monoisotopic (exact) mass is 348 g/mol. The zero-order valence-corrected chi connectivity index (χ0v) is 14.3. The average Bonchev–Trinajstić information content (AvgIpc) is 2.60. The minimum Gasteiger partial charge on any atom is -0.465 e. The highest BCUT2D eigenvalue weighted by Crippen LogP contribution is 2.28. The van der Waals surface area contributed by atoms with Gasteiger partial charge in [0.1, 0.15) is 5.82 Å². The Balaban J connectivity index is 1.91. The maximum atomic E-state index is 11.4. The molecule has 1 saturated heterocycles. The van der Waals surface area contributed by atoms with Crippen LogP contribution in [0.3, 0.4) is 0 Å². The van der Waals surface area contributed by atoms with Gasteiger partial charge in [0.2, 0.25) is 0 Å². The third-order valence-corrected chi connectivity index (χ3v) is 4.98. The summed E-state index contributed by atoms with van der Waals surface area (Å²) in [7, 11) is 0.